The van der Waals surface area contributed by atoms with Crippen molar-refractivity contribution in [3.8, 4) is 0 Å². The average Bonchev–Trinajstić information content (AvgIpc) is 2.15. The van der Waals surface area contributed by atoms with E-state index in [2.05, 4.69) is 31.9 Å². The van der Waals surface area contributed by atoms with Gasteiger partial charge in [0.2, 0.25) is 5.91 Å². The van der Waals surface area contributed by atoms with Crippen molar-refractivity contribution >= 4 is 37.8 Å². The highest BCUT2D eigenvalue weighted by Crippen LogP contribution is 2.20. The summed E-state index contributed by atoms with van der Waals surface area (Å²) in [6.45, 7) is 4.33. The third-order valence-corrected chi connectivity index (χ3v) is 3.00. The number of hydrogen-bond acceptors (Lipinski definition) is 1. The molecule has 1 aromatic rings. The molecule has 0 unspecified atom stereocenters. The predicted molar refractivity (Wildman–Crippen MR) is 73.6 cm³/mol. The number of carbonyl (C=O) groups is 1. The van der Waals surface area contributed by atoms with Crippen molar-refractivity contribution < 1.29 is 4.79 Å². The maximum Gasteiger partial charge on any atom is 0.238 e. The molecular formula is C12H15Br2NO. The lowest BCUT2D eigenvalue weighted by Gasteiger charge is -2.24. The number of nitrogens with zero attached hydrogens (tertiary/aromatic N) is 1. The fourth-order valence-electron chi connectivity index (χ4n) is 1.43. The molecular weight excluding hydrogens is 334 g/mol. The number of hydrogen-bond donors (Lipinski definition) is 0. The van der Waals surface area contributed by atoms with Crippen LogP contribution < -0.4 is 0 Å². The van der Waals surface area contributed by atoms with Gasteiger partial charge in [-0.15, -0.1) is 0 Å². The number of rotatable bonds is 3. The lowest BCUT2D eigenvalue weighted by Crippen LogP contribution is -2.38. The molecule has 0 atom stereocenters. The van der Waals surface area contributed by atoms with E-state index in [1.165, 1.54) is 0 Å². The van der Waals surface area contributed by atoms with Gasteiger partial charge in [-0.1, -0.05) is 44.0 Å². The zero-order valence-corrected chi connectivity index (χ0v) is 12.8. The maximum absolute atomic E-state index is 11.9. The van der Waals surface area contributed by atoms with Crippen molar-refractivity contribution in [1.29, 1.82) is 0 Å². The molecule has 0 heterocycles. The fourth-order valence-corrected chi connectivity index (χ4v) is 2.18. The Kier molecular flexibility index (Phi) is 4.56. The molecule has 0 aliphatic rings. The molecule has 1 amide bonds. The second kappa shape index (κ2) is 5.32. The van der Waals surface area contributed by atoms with E-state index in [0.29, 0.717) is 6.54 Å². The zero-order chi connectivity index (χ0) is 12.3. The predicted octanol–water partition coefficient (Wildman–Crippen LogP) is 3.58. The first kappa shape index (κ1) is 13.7. The average molecular weight is 349 g/mol. The number of carbonyl (C=O) groups excluding carboxylic acids is 1. The summed E-state index contributed by atoms with van der Waals surface area (Å²) in [5.41, 5.74) is 1.11. The molecule has 0 fully saturated rings. The number of benzene rings is 1. The molecule has 0 radical (unpaired) electrons. The van der Waals surface area contributed by atoms with Gasteiger partial charge in [0.1, 0.15) is 0 Å². The molecule has 16 heavy (non-hydrogen) atoms. The van der Waals surface area contributed by atoms with Crippen molar-refractivity contribution in [2.75, 3.05) is 7.05 Å². The normalized spacial score (nSPS) is 11.3. The molecule has 0 aliphatic carbocycles. The Morgan fingerprint density at radius 2 is 2.06 bits per heavy atom. The van der Waals surface area contributed by atoms with E-state index < -0.39 is 4.32 Å². The summed E-state index contributed by atoms with van der Waals surface area (Å²) in [7, 11) is 1.81. The van der Waals surface area contributed by atoms with E-state index >= 15 is 0 Å². The molecule has 2 nitrogen and oxygen atoms in total. The van der Waals surface area contributed by atoms with E-state index in [-0.39, 0.29) is 5.91 Å². The van der Waals surface area contributed by atoms with Crippen LogP contribution in [0.1, 0.15) is 19.4 Å². The van der Waals surface area contributed by atoms with E-state index in [4.69, 9.17) is 0 Å². The van der Waals surface area contributed by atoms with Crippen molar-refractivity contribution in [2.45, 2.75) is 24.7 Å². The first-order valence-electron chi connectivity index (χ1n) is 4.99. The van der Waals surface area contributed by atoms with Crippen LogP contribution in [-0.4, -0.2) is 22.2 Å². The summed E-state index contributed by atoms with van der Waals surface area (Å²) < 4.78 is 0.525. The molecule has 1 rings (SSSR count). The van der Waals surface area contributed by atoms with Crippen LogP contribution in [0.2, 0.25) is 0 Å². The summed E-state index contributed by atoms with van der Waals surface area (Å²) in [5.74, 6) is 0.0764. The Morgan fingerprint density at radius 1 is 1.44 bits per heavy atom. The highest BCUT2D eigenvalue weighted by Gasteiger charge is 2.26. The third kappa shape index (κ3) is 3.91. The minimum Gasteiger partial charge on any atom is -0.340 e. The smallest absolute Gasteiger partial charge is 0.238 e. The van der Waals surface area contributed by atoms with Crippen LogP contribution in [0.5, 0.6) is 0 Å². The Labute approximate surface area is 113 Å². The standard InChI is InChI=1S/C12H15Br2NO/c1-12(2,14)11(16)15(3)8-9-5-4-6-10(13)7-9/h4-7H,8H2,1-3H3. The molecule has 0 spiro atoms. The van der Waals surface area contributed by atoms with Gasteiger partial charge in [0, 0.05) is 18.1 Å². The Hall–Kier alpha value is -0.350. The Balaban J connectivity index is 2.72. The van der Waals surface area contributed by atoms with Gasteiger partial charge >= 0.3 is 0 Å². The molecule has 0 bridgehead atoms. The molecule has 88 valence electrons. The van der Waals surface area contributed by atoms with Crippen molar-refractivity contribution in [2.24, 2.45) is 0 Å². The highest BCUT2D eigenvalue weighted by molar-refractivity contribution is 9.10. The lowest BCUT2D eigenvalue weighted by atomic mass is 10.1. The van der Waals surface area contributed by atoms with Crippen LogP contribution in [-0.2, 0) is 11.3 Å². The molecule has 0 saturated carbocycles. The molecule has 0 N–H and O–H groups in total. The minimum absolute atomic E-state index is 0.0764. The molecule has 4 heteroatoms. The minimum atomic E-state index is -0.506. The summed E-state index contributed by atoms with van der Waals surface area (Å²) >= 11 is 6.79. The topological polar surface area (TPSA) is 20.3 Å². The number of amides is 1. The third-order valence-electron chi connectivity index (χ3n) is 2.16. The molecule has 0 aromatic heterocycles. The van der Waals surface area contributed by atoms with Crippen LogP contribution >= 0.6 is 31.9 Å². The van der Waals surface area contributed by atoms with Gasteiger partial charge in [-0.2, -0.15) is 0 Å². The Morgan fingerprint density at radius 3 is 2.56 bits per heavy atom. The highest BCUT2D eigenvalue weighted by atomic mass is 79.9. The van der Waals surface area contributed by atoms with E-state index in [0.717, 1.165) is 10.0 Å². The maximum atomic E-state index is 11.9. The van der Waals surface area contributed by atoms with Crippen LogP contribution in [0.15, 0.2) is 28.7 Å². The largest absolute Gasteiger partial charge is 0.340 e. The first-order valence-corrected chi connectivity index (χ1v) is 6.58. The van der Waals surface area contributed by atoms with E-state index in [9.17, 15) is 4.79 Å². The van der Waals surface area contributed by atoms with Crippen LogP contribution in [0.25, 0.3) is 0 Å². The summed E-state index contributed by atoms with van der Waals surface area (Å²) in [6.07, 6.45) is 0. The molecule has 1 aromatic carbocycles. The molecule has 0 saturated heterocycles. The van der Waals surface area contributed by atoms with Gasteiger partial charge in [0.25, 0.3) is 0 Å². The van der Waals surface area contributed by atoms with E-state index in [1.54, 1.807) is 4.90 Å². The summed E-state index contributed by atoms with van der Waals surface area (Å²) in [4.78, 5) is 13.6. The van der Waals surface area contributed by atoms with Gasteiger partial charge in [0.15, 0.2) is 0 Å². The quantitative estimate of drug-likeness (QED) is 0.764. The van der Waals surface area contributed by atoms with Gasteiger partial charge in [-0.3, -0.25) is 4.79 Å². The first-order chi connectivity index (χ1) is 7.30. The summed E-state index contributed by atoms with van der Waals surface area (Å²) in [6, 6.07) is 7.97. The van der Waals surface area contributed by atoms with Crippen molar-refractivity contribution in [1.82, 2.24) is 4.90 Å². The van der Waals surface area contributed by atoms with Gasteiger partial charge in [-0.25, -0.2) is 0 Å². The van der Waals surface area contributed by atoms with Gasteiger partial charge in [-0.05, 0) is 31.5 Å². The second-order valence-corrected chi connectivity index (χ2v) is 7.16. The fraction of sp³-hybridized carbons (Fsp3) is 0.417. The zero-order valence-electron chi connectivity index (χ0n) is 9.63. The van der Waals surface area contributed by atoms with Crippen LogP contribution in [0.4, 0.5) is 0 Å². The van der Waals surface area contributed by atoms with Crippen molar-refractivity contribution in [3.05, 3.63) is 34.3 Å². The van der Waals surface area contributed by atoms with E-state index in [1.807, 2.05) is 45.2 Å². The van der Waals surface area contributed by atoms with Gasteiger partial charge < -0.3 is 4.90 Å². The monoisotopic (exact) mass is 347 g/mol. The van der Waals surface area contributed by atoms with Crippen LogP contribution in [0.3, 0.4) is 0 Å². The summed E-state index contributed by atoms with van der Waals surface area (Å²) in [5, 5.41) is 0. The molecule has 0 aliphatic heterocycles. The van der Waals surface area contributed by atoms with Crippen LogP contribution in [0, 0.1) is 0 Å². The number of alkyl halides is 1. The number of halogens is 2. The van der Waals surface area contributed by atoms with Crippen molar-refractivity contribution in [3.63, 3.8) is 0 Å². The lowest BCUT2D eigenvalue weighted by molar-refractivity contribution is -0.131. The SMILES string of the molecule is CN(Cc1cccc(Br)c1)C(=O)C(C)(C)Br. The Bertz CT molecular complexity index is 385. The van der Waals surface area contributed by atoms with Gasteiger partial charge in [0.05, 0.1) is 4.32 Å². The second-order valence-electron chi connectivity index (χ2n) is 4.26.